The average molecular weight is 167 g/mol. The Hall–Kier alpha value is -0.330. The van der Waals surface area contributed by atoms with E-state index in [2.05, 4.69) is 32.7 Å². The Kier molecular flexibility index (Phi) is 3.30. The van der Waals surface area contributed by atoms with Crippen molar-refractivity contribution in [3.63, 3.8) is 0 Å². The van der Waals surface area contributed by atoms with E-state index in [9.17, 15) is 0 Å². The summed E-state index contributed by atoms with van der Waals surface area (Å²) >= 11 is 0. The predicted octanol–water partition coefficient (Wildman–Crippen LogP) is 3.29. The van der Waals surface area contributed by atoms with Gasteiger partial charge < -0.3 is 0 Å². The molecule has 1 aliphatic rings. The van der Waals surface area contributed by atoms with Gasteiger partial charge in [-0.2, -0.15) is 0 Å². The van der Waals surface area contributed by atoms with Gasteiger partial charge in [-0.3, -0.25) is 4.99 Å². The second kappa shape index (κ2) is 4.06. The molecule has 12 heavy (non-hydrogen) atoms. The van der Waals surface area contributed by atoms with Gasteiger partial charge in [-0.25, -0.2) is 0 Å². The first-order chi connectivity index (χ1) is 5.65. The summed E-state index contributed by atoms with van der Waals surface area (Å²) in [5.41, 5.74) is 1.36. The highest BCUT2D eigenvalue weighted by Gasteiger charge is 2.24. The topological polar surface area (TPSA) is 12.4 Å². The van der Waals surface area contributed by atoms with Crippen molar-refractivity contribution in [2.75, 3.05) is 0 Å². The smallest absolute Gasteiger partial charge is 0.0499 e. The van der Waals surface area contributed by atoms with Gasteiger partial charge in [-0.05, 0) is 38.5 Å². The van der Waals surface area contributed by atoms with E-state index in [0.717, 1.165) is 11.8 Å². The van der Waals surface area contributed by atoms with Crippen molar-refractivity contribution >= 4 is 5.71 Å². The molecule has 0 amide bonds. The molecule has 1 rings (SSSR count). The van der Waals surface area contributed by atoms with Crippen LogP contribution >= 0.6 is 0 Å². The van der Waals surface area contributed by atoms with Gasteiger partial charge in [0.1, 0.15) is 0 Å². The molecular weight excluding hydrogens is 146 g/mol. The maximum Gasteiger partial charge on any atom is 0.0499 e. The summed E-state index contributed by atoms with van der Waals surface area (Å²) in [4.78, 5) is 4.68. The van der Waals surface area contributed by atoms with Crippen LogP contribution in [0.3, 0.4) is 0 Å². The predicted molar refractivity (Wildman–Crippen MR) is 54.8 cm³/mol. The molecule has 0 aromatic heterocycles. The van der Waals surface area contributed by atoms with Crippen LogP contribution in [0.15, 0.2) is 4.99 Å². The van der Waals surface area contributed by atoms with Crippen molar-refractivity contribution < 1.29 is 0 Å². The van der Waals surface area contributed by atoms with Gasteiger partial charge in [0.05, 0.1) is 0 Å². The molecule has 1 heterocycles. The van der Waals surface area contributed by atoms with E-state index in [1.165, 1.54) is 25.0 Å². The SMILES string of the molecule is CCCC1C[C@H](C)C(C)=N[C@@H]1C. The van der Waals surface area contributed by atoms with Crippen LogP contribution in [0.4, 0.5) is 0 Å². The van der Waals surface area contributed by atoms with Gasteiger partial charge in [0.15, 0.2) is 0 Å². The third-order valence-corrected chi connectivity index (χ3v) is 3.12. The number of rotatable bonds is 2. The van der Waals surface area contributed by atoms with Crippen LogP contribution in [0.1, 0.15) is 47.0 Å². The molecule has 3 atom stereocenters. The minimum atomic E-state index is 0.571. The molecule has 0 fully saturated rings. The summed E-state index contributed by atoms with van der Waals surface area (Å²) in [5.74, 6) is 1.56. The summed E-state index contributed by atoms with van der Waals surface area (Å²) in [5, 5.41) is 0. The second-order valence-electron chi connectivity index (χ2n) is 4.20. The van der Waals surface area contributed by atoms with Crippen molar-refractivity contribution in [2.24, 2.45) is 16.8 Å². The third kappa shape index (κ3) is 2.09. The zero-order valence-corrected chi connectivity index (χ0v) is 8.80. The van der Waals surface area contributed by atoms with Crippen LogP contribution in [0, 0.1) is 11.8 Å². The van der Waals surface area contributed by atoms with Gasteiger partial charge in [0.25, 0.3) is 0 Å². The van der Waals surface area contributed by atoms with Crippen LogP contribution in [0.2, 0.25) is 0 Å². The lowest BCUT2D eigenvalue weighted by Gasteiger charge is -2.30. The molecule has 1 unspecified atom stereocenters. The first-order valence-electron chi connectivity index (χ1n) is 5.19. The molecule has 0 N–H and O–H groups in total. The Bertz CT molecular complexity index is 172. The fraction of sp³-hybridized carbons (Fsp3) is 0.909. The maximum atomic E-state index is 4.68. The summed E-state index contributed by atoms with van der Waals surface area (Å²) in [6.45, 7) is 9.00. The van der Waals surface area contributed by atoms with Gasteiger partial charge in [0.2, 0.25) is 0 Å². The van der Waals surface area contributed by atoms with Gasteiger partial charge in [-0.15, -0.1) is 0 Å². The largest absolute Gasteiger partial charge is 0.291 e. The number of hydrogen-bond acceptors (Lipinski definition) is 1. The van der Waals surface area contributed by atoms with Crippen LogP contribution in [0.25, 0.3) is 0 Å². The molecule has 0 spiro atoms. The highest BCUT2D eigenvalue weighted by atomic mass is 14.8. The molecule has 0 saturated heterocycles. The van der Waals surface area contributed by atoms with Gasteiger partial charge in [-0.1, -0.05) is 20.3 Å². The second-order valence-corrected chi connectivity index (χ2v) is 4.20. The highest BCUT2D eigenvalue weighted by molar-refractivity contribution is 5.84. The summed E-state index contributed by atoms with van der Waals surface area (Å²) in [6.07, 6.45) is 4.00. The quantitative estimate of drug-likeness (QED) is 0.598. The lowest BCUT2D eigenvalue weighted by Crippen LogP contribution is -2.27. The summed E-state index contributed by atoms with van der Waals surface area (Å²) in [7, 11) is 0. The van der Waals surface area contributed by atoms with Crippen molar-refractivity contribution in [1.82, 2.24) is 0 Å². The Morgan fingerprint density at radius 3 is 2.67 bits per heavy atom. The first kappa shape index (κ1) is 9.76. The standard InChI is InChI=1S/C11H21N/c1-5-6-11-7-8(2)9(3)12-10(11)4/h8,10-11H,5-7H2,1-4H3/t8-,10+,11?/m0/s1. The lowest BCUT2D eigenvalue weighted by atomic mass is 9.82. The first-order valence-corrected chi connectivity index (χ1v) is 5.19. The molecule has 1 nitrogen and oxygen atoms in total. The lowest BCUT2D eigenvalue weighted by molar-refractivity contribution is 0.339. The Labute approximate surface area is 76.3 Å². The molecule has 70 valence electrons. The third-order valence-electron chi connectivity index (χ3n) is 3.12. The molecular formula is C11H21N. The number of nitrogens with zero attached hydrogens (tertiary/aromatic N) is 1. The van der Waals surface area contributed by atoms with E-state index in [4.69, 9.17) is 0 Å². The Morgan fingerprint density at radius 2 is 2.08 bits per heavy atom. The van der Waals surface area contributed by atoms with Crippen molar-refractivity contribution in [1.29, 1.82) is 0 Å². The zero-order valence-electron chi connectivity index (χ0n) is 8.80. The molecule has 0 bridgehead atoms. The normalized spacial score (nSPS) is 36.3. The summed E-state index contributed by atoms with van der Waals surface area (Å²) in [6, 6.07) is 0.571. The average Bonchev–Trinajstić information content (AvgIpc) is 2.01. The van der Waals surface area contributed by atoms with Crippen molar-refractivity contribution in [3.8, 4) is 0 Å². The minimum Gasteiger partial charge on any atom is -0.291 e. The van der Waals surface area contributed by atoms with E-state index < -0.39 is 0 Å². The van der Waals surface area contributed by atoms with Crippen molar-refractivity contribution in [3.05, 3.63) is 0 Å². The van der Waals surface area contributed by atoms with Crippen LogP contribution in [-0.4, -0.2) is 11.8 Å². The van der Waals surface area contributed by atoms with Crippen molar-refractivity contribution in [2.45, 2.75) is 53.0 Å². The number of hydrogen-bond donors (Lipinski definition) is 0. The van der Waals surface area contributed by atoms with Crippen LogP contribution in [0.5, 0.6) is 0 Å². The molecule has 0 saturated carbocycles. The Morgan fingerprint density at radius 1 is 1.42 bits per heavy atom. The van der Waals surface area contributed by atoms with Crippen LogP contribution in [-0.2, 0) is 0 Å². The molecule has 0 radical (unpaired) electrons. The maximum absolute atomic E-state index is 4.68. The minimum absolute atomic E-state index is 0.571. The highest BCUT2D eigenvalue weighted by Crippen LogP contribution is 2.28. The van der Waals surface area contributed by atoms with E-state index in [0.29, 0.717) is 6.04 Å². The molecule has 0 aromatic carbocycles. The fourth-order valence-corrected chi connectivity index (χ4v) is 2.11. The molecule has 1 heteroatoms. The molecule has 0 aromatic rings. The number of aliphatic imine (C=N–C) groups is 1. The van der Waals surface area contributed by atoms with Gasteiger partial charge in [0, 0.05) is 11.8 Å². The van der Waals surface area contributed by atoms with E-state index in [1.54, 1.807) is 0 Å². The molecule has 1 aliphatic heterocycles. The fourth-order valence-electron chi connectivity index (χ4n) is 2.11. The van der Waals surface area contributed by atoms with Gasteiger partial charge >= 0.3 is 0 Å². The summed E-state index contributed by atoms with van der Waals surface area (Å²) < 4.78 is 0. The van der Waals surface area contributed by atoms with E-state index in [1.807, 2.05) is 0 Å². The Balaban J connectivity index is 2.59. The van der Waals surface area contributed by atoms with E-state index in [-0.39, 0.29) is 0 Å². The van der Waals surface area contributed by atoms with Crippen LogP contribution < -0.4 is 0 Å². The van der Waals surface area contributed by atoms with E-state index >= 15 is 0 Å². The zero-order chi connectivity index (χ0) is 9.14. The molecule has 0 aliphatic carbocycles. The monoisotopic (exact) mass is 167 g/mol.